The normalized spacial score (nSPS) is 12.6. The summed E-state index contributed by atoms with van der Waals surface area (Å²) < 4.78 is 56.8. The molecule has 0 radical (unpaired) electrons. The average molecular weight is 475 g/mol. The minimum Gasteiger partial charge on any atom is -0.480 e. The summed E-state index contributed by atoms with van der Waals surface area (Å²) in [6.45, 7) is 0.768. The van der Waals surface area contributed by atoms with Crippen LogP contribution in [0.2, 0.25) is 10.0 Å². The molecule has 26 heavy (non-hydrogen) atoms. The Balaban J connectivity index is 2.41. The third-order valence-corrected chi connectivity index (χ3v) is 4.47. The summed E-state index contributed by atoms with van der Waals surface area (Å²) in [5, 5.41) is 2.56. The molecule has 0 aliphatic rings. The molecule has 0 saturated carbocycles. The van der Waals surface area contributed by atoms with Gasteiger partial charge in [0, 0.05) is 0 Å². The minimum absolute atomic E-state index is 0.0407. The summed E-state index contributed by atoms with van der Waals surface area (Å²) in [4.78, 5) is 12.5. The molecule has 2 rings (SSSR count). The fourth-order valence-electron chi connectivity index (χ4n) is 1.86. The van der Waals surface area contributed by atoms with Crippen LogP contribution in [-0.4, -0.2) is 18.2 Å². The lowest BCUT2D eigenvalue weighted by molar-refractivity contribution is -0.189. The maximum atomic E-state index is 13.8. The Kier molecular flexibility index (Phi) is 6.42. The van der Waals surface area contributed by atoms with Crippen molar-refractivity contribution in [1.82, 2.24) is 0 Å². The van der Waals surface area contributed by atoms with Crippen LogP contribution in [0, 0.1) is 5.82 Å². The fourth-order valence-corrected chi connectivity index (χ4v) is 2.67. The molecule has 0 heterocycles. The molecule has 0 bridgehead atoms. The molecule has 2 aromatic rings. The number of hydrogen-bond acceptors (Lipinski definition) is 2. The van der Waals surface area contributed by atoms with Gasteiger partial charge in [0.1, 0.15) is 11.6 Å². The maximum Gasteiger partial charge on any atom is 0.425 e. The first-order chi connectivity index (χ1) is 12.0. The molecule has 1 N–H and O–H groups in total. The van der Waals surface area contributed by atoms with Gasteiger partial charge in [0.05, 0.1) is 25.8 Å². The number of hydrogen-bond donors (Lipinski definition) is 1. The lowest BCUT2D eigenvalue weighted by atomic mass is 10.1. The largest absolute Gasteiger partial charge is 0.480 e. The van der Waals surface area contributed by atoms with Crippen molar-refractivity contribution in [2.45, 2.75) is 19.2 Å². The van der Waals surface area contributed by atoms with Gasteiger partial charge in [-0.25, -0.2) is 4.39 Å². The molecule has 0 aliphatic heterocycles. The highest BCUT2D eigenvalue weighted by atomic mass is 79.9. The third kappa shape index (κ3) is 4.81. The second-order valence-electron chi connectivity index (χ2n) is 5.11. The number of carbonyl (C=O) groups excluding carboxylic acids is 1. The summed E-state index contributed by atoms with van der Waals surface area (Å²) in [5.74, 6) is -2.24. The molecule has 3 nitrogen and oxygen atoms in total. The highest BCUT2D eigenvalue weighted by molar-refractivity contribution is 9.10. The van der Waals surface area contributed by atoms with Crippen LogP contribution in [0.3, 0.4) is 0 Å². The van der Waals surface area contributed by atoms with E-state index in [1.54, 1.807) is 6.07 Å². The van der Waals surface area contributed by atoms with Gasteiger partial charge in [-0.1, -0.05) is 29.3 Å². The van der Waals surface area contributed by atoms with E-state index in [2.05, 4.69) is 21.2 Å². The van der Waals surface area contributed by atoms with Crippen LogP contribution >= 0.6 is 39.1 Å². The van der Waals surface area contributed by atoms with Gasteiger partial charge in [0.2, 0.25) is 0 Å². The monoisotopic (exact) mass is 473 g/mol. The van der Waals surface area contributed by atoms with E-state index < -0.39 is 35.3 Å². The van der Waals surface area contributed by atoms with Crippen molar-refractivity contribution >= 4 is 50.7 Å². The number of rotatable bonds is 4. The Morgan fingerprint density at radius 1 is 1.23 bits per heavy atom. The Hall–Kier alpha value is -1.51. The summed E-state index contributed by atoms with van der Waals surface area (Å²) in [6.07, 6.45) is -6.88. The van der Waals surface area contributed by atoms with Crippen molar-refractivity contribution in [3.05, 3.63) is 56.2 Å². The third-order valence-electron chi connectivity index (χ3n) is 3.23. The molecule has 0 spiro atoms. The van der Waals surface area contributed by atoms with Crippen molar-refractivity contribution < 1.29 is 27.1 Å². The second kappa shape index (κ2) is 8.02. The Bertz CT molecular complexity index is 825. The lowest BCUT2D eigenvalue weighted by Gasteiger charge is -2.20. The van der Waals surface area contributed by atoms with Gasteiger partial charge in [-0.2, -0.15) is 13.2 Å². The Morgan fingerprint density at radius 2 is 1.81 bits per heavy atom. The number of halogens is 7. The molecule has 0 fully saturated rings. The standard InChI is InChI=1S/C16H10BrCl2F4NO2/c1-7(16(21,22)23)26-13-6-9(17)12(20)5-8(13)15(25)24-14-10(18)3-2-4-11(14)19/h2-7H,1H3,(H,24,25). The van der Waals surface area contributed by atoms with Gasteiger partial charge in [0.25, 0.3) is 5.91 Å². The molecule has 1 atom stereocenters. The first-order valence-electron chi connectivity index (χ1n) is 6.98. The second-order valence-corrected chi connectivity index (χ2v) is 6.78. The smallest absolute Gasteiger partial charge is 0.425 e. The van der Waals surface area contributed by atoms with Crippen LogP contribution in [0.25, 0.3) is 0 Å². The van der Waals surface area contributed by atoms with Gasteiger partial charge in [0.15, 0.2) is 6.10 Å². The lowest BCUT2D eigenvalue weighted by Crippen LogP contribution is -2.32. The highest BCUT2D eigenvalue weighted by Crippen LogP contribution is 2.34. The Morgan fingerprint density at radius 3 is 2.35 bits per heavy atom. The number of ether oxygens (including phenoxy) is 1. The van der Waals surface area contributed by atoms with E-state index in [0.717, 1.165) is 19.1 Å². The van der Waals surface area contributed by atoms with E-state index in [0.29, 0.717) is 0 Å². The molecule has 0 aliphatic carbocycles. The van der Waals surface area contributed by atoms with E-state index in [1.807, 2.05) is 0 Å². The summed E-state index contributed by atoms with van der Waals surface area (Å²) in [5.41, 5.74) is -0.406. The SMILES string of the molecule is CC(Oc1cc(Br)c(F)cc1C(=O)Nc1c(Cl)cccc1Cl)C(F)(F)F. The fraction of sp³-hybridized carbons (Fsp3) is 0.188. The van der Waals surface area contributed by atoms with Crippen LogP contribution in [-0.2, 0) is 0 Å². The van der Waals surface area contributed by atoms with Crippen LogP contribution in [0.1, 0.15) is 17.3 Å². The molecule has 0 aromatic heterocycles. The topological polar surface area (TPSA) is 38.3 Å². The predicted molar refractivity (Wildman–Crippen MR) is 94.7 cm³/mol. The van der Waals surface area contributed by atoms with Crippen LogP contribution < -0.4 is 10.1 Å². The van der Waals surface area contributed by atoms with Crippen molar-refractivity contribution in [3.8, 4) is 5.75 Å². The molecule has 0 saturated heterocycles. The summed E-state index contributed by atoms with van der Waals surface area (Å²) >= 11 is 14.7. The van der Waals surface area contributed by atoms with Crippen molar-refractivity contribution in [1.29, 1.82) is 0 Å². The molecule has 1 amide bonds. The number of benzene rings is 2. The number of nitrogens with one attached hydrogen (secondary N) is 1. The molecule has 10 heteroatoms. The van der Waals surface area contributed by atoms with E-state index in [9.17, 15) is 22.4 Å². The van der Waals surface area contributed by atoms with Gasteiger partial charge in [-0.05, 0) is 47.1 Å². The van der Waals surface area contributed by atoms with Crippen molar-refractivity contribution in [3.63, 3.8) is 0 Å². The molecular weight excluding hydrogens is 465 g/mol. The van der Waals surface area contributed by atoms with E-state index in [4.69, 9.17) is 27.9 Å². The number of para-hydroxylation sites is 1. The van der Waals surface area contributed by atoms with Crippen LogP contribution in [0.5, 0.6) is 5.75 Å². The van der Waals surface area contributed by atoms with Gasteiger partial charge in [-0.15, -0.1) is 0 Å². The zero-order chi connectivity index (χ0) is 19.6. The summed E-state index contributed by atoms with van der Waals surface area (Å²) in [6, 6.07) is 6.14. The molecular formula is C16H10BrCl2F4NO2. The summed E-state index contributed by atoms with van der Waals surface area (Å²) in [7, 11) is 0. The molecule has 2 aromatic carbocycles. The number of carbonyl (C=O) groups is 1. The quantitative estimate of drug-likeness (QED) is 0.515. The molecule has 140 valence electrons. The Labute approximate surface area is 164 Å². The van der Waals surface area contributed by atoms with Crippen molar-refractivity contribution in [2.75, 3.05) is 5.32 Å². The van der Waals surface area contributed by atoms with Crippen LogP contribution in [0.15, 0.2) is 34.8 Å². The van der Waals surface area contributed by atoms with E-state index in [-0.39, 0.29) is 20.2 Å². The van der Waals surface area contributed by atoms with E-state index in [1.165, 1.54) is 12.1 Å². The van der Waals surface area contributed by atoms with Gasteiger partial charge < -0.3 is 10.1 Å². The predicted octanol–water partition coefficient (Wildman–Crippen LogP) is 6.48. The first kappa shape index (κ1) is 20.8. The average Bonchev–Trinajstić information content (AvgIpc) is 2.53. The number of amides is 1. The van der Waals surface area contributed by atoms with E-state index >= 15 is 0 Å². The first-order valence-corrected chi connectivity index (χ1v) is 8.53. The van der Waals surface area contributed by atoms with Gasteiger partial charge in [-0.3, -0.25) is 4.79 Å². The zero-order valence-corrected chi connectivity index (χ0v) is 16.0. The van der Waals surface area contributed by atoms with Crippen molar-refractivity contribution in [2.24, 2.45) is 0 Å². The zero-order valence-electron chi connectivity index (χ0n) is 12.9. The number of anilines is 1. The minimum atomic E-state index is -4.67. The van der Waals surface area contributed by atoms with Gasteiger partial charge >= 0.3 is 6.18 Å². The van der Waals surface area contributed by atoms with Crippen LogP contribution in [0.4, 0.5) is 23.2 Å². The maximum absolute atomic E-state index is 13.8. The highest BCUT2D eigenvalue weighted by Gasteiger charge is 2.38. The number of alkyl halides is 3. The molecule has 1 unspecified atom stereocenters.